The van der Waals surface area contributed by atoms with Crippen molar-refractivity contribution in [3.05, 3.63) is 27.7 Å². The molecule has 1 atom stereocenters. The molecule has 78 valence electrons. The fourth-order valence-electron chi connectivity index (χ4n) is 1.04. The Labute approximate surface area is 94.5 Å². The van der Waals surface area contributed by atoms with Crippen molar-refractivity contribution >= 4 is 34.6 Å². The first-order valence-corrected chi connectivity index (χ1v) is 5.61. The number of hydrogen-bond donors (Lipinski definition) is 1. The van der Waals surface area contributed by atoms with Crippen LogP contribution < -0.4 is 4.18 Å². The molecule has 0 bridgehead atoms. The van der Waals surface area contributed by atoms with E-state index in [-0.39, 0.29) is 10.8 Å². The van der Waals surface area contributed by atoms with Crippen LogP contribution in [0, 0.1) is 0 Å². The van der Waals surface area contributed by atoms with Crippen molar-refractivity contribution in [2.45, 2.75) is 13.3 Å². The molecule has 0 heterocycles. The van der Waals surface area contributed by atoms with E-state index in [1.807, 2.05) is 6.92 Å². The van der Waals surface area contributed by atoms with E-state index < -0.39 is 11.4 Å². The van der Waals surface area contributed by atoms with Crippen molar-refractivity contribution in [3.63, 3.8) is 0 Å². The Balaban J connectivity index is 3.14. The highest BCUT2D eigenvalue weighted by Gasteiger charge is 2.11. The van der Waals surface area contributed by atoms with Gasteiger partial charge in [0.15, 0.2) is 5.75 Å². The van der Waals surface area contributed by atoms with Gasteiger partial charge in [-0.3, -0.25) is 4.55 Å². The van der Waals surface area contributed by atoms with Gasteiger partial charge in [0.1, 0.15) is 0 Å². The predicted octanol–water partition coefficient (Wildman–Crippen LogP) is 3.07. The largest absolute Gasteiger partial charge is 0.379 e. The molecule has 6 heteroatoms. The zero-order valence-electron chi connectivity index (χ0n) is 7.29. The second-order valence-electron chi connectivity index (χ2n) is 2.49. The Kier molecular flexibility index (Phi) is 4.19. The van der Waals surface area contributed by atoms with Crippen molar-refractivity contribution in [2.75, 3.05) is 0 Å². The minimum Gasteiger partial charge on any atom is -0.379 e. The van der Waals surface area contributed by atoms with Gasteiger partial charge in [-0.15, -0.1) is 0 Å². The summed E-state index contributed by atoms with van der Waals surface area (Å²) in [6, 6.07) is 3.03. The zero-order valence-corrected chi connectivity index (χ0v) is 9.62. The summed E-state index contributed by atoms with van der Waals surface area (Å²) >= 11 is 9.39. The topological polar surface area (TPSA) is 46.5 Å². The highest BCUT2D eigenvalue weighted by Crippen LogP contribution is 2.33. The van der Waals surface area contributed by atoms with Crippen molar-refractivity contribution in [2.24, 2.45) is 0 Å². The maximum absolute atomic E-state index is 10.4. The lowest BCUT2D eigenvalue weighted by molar-refractivity contribution is 0.458. The van der Waals surface area contributed by atoms with Gasteiger partial charge in [-0.25, -0.2) is 0 Å². The maximum atomic E-state index is 10.4. The summed E-state index contributed by atoms with van der Waals surface area (Å²) in [6.45, 7) is 1.88. The van der Waals surface area contributed by atoms with Gasteiger partial charge in [0.2, 0.25) is 0 Å². The summed E-state index contributed by atoms with van der Waals surface area (Å²) in [5.74, 6) is 0.161. The lowest BCUT2D eigenvalue weighted by atomic mass is 10.1. The van der Waals surface area contributed by atoms with Crippen LogP contribution in [0.15, 0.2) is 12.1 Å². The summed E-state index contributed by atoms with van der Waals surface area (Å²) in [5.41, 5.74) is 0.705. The van der Waals surface area contributed by atoms with Gasteiger partial charge in [-0.2, -0.15) is 4.21 Å². The summed E-state index contributed by atoms with van der Waals surface area (Å²) < 4.78 is 23.5. The number of rotatable bonds is 3. The van der Waals surface area contributed by atoms with Crippen LogP contribution in [-0.4, -0.2) is 8.76 Å². The second kappa shape index (κ2) is 4.98. The summed E-state index contributed by atoms with van der Waals surface area (Å²) in [4.78, 5) is 0. The van der Waals surface area contributed by atoms with E-state index in [9.17, 15) is 4.21 Å². The minimum absolute atomic E-state index is 0.161. The van der Waals surface area contributed by atoms with Crippen LogP contribution in [0.3, 0.4) is 0 Å². The smallest absolute Gasteiger partial charge is 0.357 e. The molecule has 0 aliphatic rings. The van der Waals surface area contributed by atoms with E-state index in [0.717, 1.165) is 0 Å². The zero-order chi connectivity index (χ0) is 10.7. The van der Waals surface area contributed by atoms with Crippen LogP contribution in [0.2, 0.25) is 10.0 Å². The normalized spacial score (nSPS) is 12.6. The molecule has 14 heavy (non-hydrogen) atoms. The molecule has 0 fully saturated rings. The standard InChI is InChI=1S/C8H8Cl2O3S/c1-2-5-6(9)3-4-7(8(5)10)13-14(11)12/h3-4H,2H2,1H3,(H,11,12). The maximum Gasteiger partial charge on any atom is 0.357 e. The second-order valence-corrected chi connectivity index (χ2v) is 3.88. The molecule has 0 saturated carbocycles. The molecular weight excluding hydrogens is 247 g/mol. The van der Waals surface area contributed by atoms with Crippen molar-refractivity contribution in [1.82, 2.24) is 0 Å². The molecule has 1 rings (SSSR count). The van der Waals surface area contributed by atoms with E-state index in [0.29, 0.717) is 17.0 Å². The molecule has 0 aromatic heterocycles. The van der Waals surface area contributed by atoms with Gasteiger partial charge in [0.25, 0.3) is 0 Å². The first kappa shape index (κ1) is 11.8. The van der Waals surface area contributed by atoms with Gasteiger partial charge in [0, 0.05) is 5.02 Å². The Hall–Kier alpha value is -0.290. The third-order valence-corrected chi connectivity index (χ3v) is 2.76. The summed E-state index contributed by atoms with van der Waals surface area (Å²) in [7, 11) is 0. The SMILES string of the molecule is CCc1c(Cl)ccc(OS(=O)O)c1Cl. The Bertz CT molecular complexity index is 368. The fraction of sp³-hybridized carbons (Fsp3) is 0.250. The van der Waals surface area contributed by atoms with E-state index in [1.54, 1.807) is 6.07 Å². The van der Waals surface area contributed by atoms with Gasteiger partial charge in [-0.1, -0.05) is 30.1 Å². The average molecular weight is 255 g/mol. The molecule has 1 aromatic rings. The molecule has 0 radical (unpaired) electrons. The minimum atomic E-state index is -2.37. The number of halogens is 2. The van der Waals surface area contributed by atoms with E-state index in [4.69, 9.17) is 27.8 Å². The molecule has 0 aliphatic carbocycles. The van der Waals surface area contributed by atoms with Crippen LogP contribution in [0.1, 0.15) is 12.5 Å². The molecule has 0 saturated heterocycles. The molecule has 1 unspecified atom stereocenters. The quantitative estimate of drug-likeness (QED) is 0.844. The first-order chi connectivity index (χ1) is 6.56. The fourth-order valence-corrected chi connectivity index (χ4v) is 2.06. The highest BCUT2D eigenvalue weighted by atomic mass is 35.5. The van der Waals surface area contributed by atoms with Crippen molar-refractivity contribution in [3.8, 4) is 5.75 Å². The van der Waals surface area contributed by atoms with Crippen molar-refractivity contribution < 1.29 is 12.9 Å². The van der Waals surface area contributed by atoms with Crippen LogP contribution >= 0.6 is 23.2 Å². The summed E-state index contributed by atoms with van der Waals surface area (Å²) in [5, 5.41) is 0.802. The monoisotopic (exact) mass is 254 g/mol. The van der Waals surface area contributed by atoms with Gasteiger partial charge >= 0.3 is 11.4 Å². The third-order valence-electron chi connectivity index (χ3n) is 1.67. The van der Waals surface area contributed by atoms with E-state index in [1.165, 1.54) is 6.07 Å². The molecule has 0 spiro atoms. The van der Waals surface area contributed by atoms with Gasteiger partial charge < -0.3 is 4.18 Å². The van der Waals surface area contributed by atoms with Crippen molar-refractivity contribution in [1.29, 1.82) is 0 Å². The van der Waals surface area contributed by atoms with E-state index >= 15 is 0 Å². The first-order valence-electron chi connectivity index (χ1n) is 3.82. The lowest BCUT2D eigenvalue weighted by Gasteiger charge is -2.08. The molecular formula is C8H8Cl2O3S. The predicted molar refractivity (Wildman–Crippen MR) is 57.2 cm³/mol. The van der Waals surface area contributed by atoms with Gasteiger partial charge in [-0.05, 0) is 24.1 Å². The number of hydrogen-bond acceptors (Lipinski definition) is 2. The van der Waals surface area contributed by atoms with E-state index in [2.05, 4.69) is 4.18 Å². The lowest BCUT2D eigenvalue weighted by Crippen LogP contribution is -1.99. The van der Waals surface area contributed by atoms with Gasteiger partial charge in [0.05, 0.1) is 5.02 Å². The molecule has 3 nitrogen and oxygen atoms in total. The Morgan fingerprint density at radius 2 is 2.14 bits per heavy atom. The number of benzene rings is 1. The molecule has 0 amide bonds. The Morgan fingerprint density at radius 3 is 2.64 bits per heavy atom. The molecule has 0 aliphatic heterocycles. The van der Waals surface area contributed by atoms with Crippen LogP contribution in [0.5, 0.6) is 5.75 Å². The third kappa shape index (κ3) is 2.60. The van der Waals surface area contributed by atoms with Crippen LogP contribution in [0.4, 0.5) is 0 Å². The Morgan fingerprint density at radius 1 is 1.50 bits per heavy atom. The molecule has 1 aromatic carbocycles. The molecule has 1 N–H and O–H groups in total. The summed E-state index contributed by atoms with van der Waals surface area (Å²) in [6.07, 6.45) is 0.632. The van der Waals surface area contributed by atoms with Crippen LogP contribution in [0.25, 0.3) is 0 Å². The highest BCUT2D eigenvalue weighted by molar-refractivity contribution is 7.74. The van der Waals surface area contributed by atoms with Crippen LogP contribution in [-0.2, 0) is 17.8 Å². The average Bonchev–Trinajstić information content (AvgIpc) is 2.10.